The van der Waals surface area contributed by atoms with Gasteiger partial charge in [0.2, 0.25) is 5.16 Å². The van der Waals surface area contributed by atoms with E-state index >= 15 is 0 Å². The Bertz CT molecular complexity index is 1110. The lowest BCUT2D eigenvalue weighted by Crippen LogP contribution is -1.97. The maximum atomic E-state index is 11.7. The summed E-state index contributed by atoms with van der Waals surface area (Å²) >= 11 is 10.0. The number of carbonyl (C=O) groups is 1. The number of aromatic hydroxyl groups is 1. The zero-order valence-corrected chi connectivity index (χ0v) is 18.8. The molecule has 2 aromatic carbocycles. The van der Waals surface area contributed by atoms with Crippen molar-refractivity contribution in [2.24, 2.45) is 0 Å². The Labute approximate surface area is 189 Å². The van der Waals surface area contributed by atoms with Gasteiger partial charge in [0.15, 0.2) is 5.82 Å². The molecule has 0 radical (unpaired) electrons. The second-order valence-electron chi connectivity index (χ2n) is 5.81. The Morgan fingerprint density at radius 3 is 2.47 bits per heavy atom. The number of aromatic nitrogens is 3. The summed E-state index contributed by atoms with van der Waals surface area (Å²) in [6.45, 7) is 0. The minimum atomic E-state index is -1.20. The highest BCUT2D eigenvalue weighted by atomic mass is 79.9. The van der Waals surface area contributed by atoms with Crippen LogP contribution in [0, 0.1) is 0 Å². The summed E-state index contributed by atoms with van der Waals surface area (Å²) in [7, 11) is 3.07. The highest BCUT2D eigenvalue weighted by molar-refractivity contribution is 9.10. The maximum absolute atomic E-state index is 11.7. The number of nitrogens with zero attached hydrogens (tertiary/aromatic N) is 2. The third-order valence-corrected chi connectivity index (χ3v) is 5.47. The second-order valence-corrected chi connectivity index (χ2v) is 8.14. The second kappa shape index (κ2) is 9.41. The molecule has 0 saturated carbocycles. The van der Waals surface area contributed by atoms with Crippen LogP contribution >= 0.6 is 39.3 Å². The molecule has 30 heavy (non-hydrogen) atoms. The standard InChI is InChI=1S/C19H15BrClN3O5S/c1-28-12-4-10(5-13(8-12)29-2)17-22-19(24-23-17)30-15(18(26)27)6-9-3-11(20)7-14(21)16(9)25/h3-8,25H,1-2H3,(H,26,27)(H,22,23,24)/b15-6-. The quantitative estimate of drug-likeness (QED) is 0.304. The molecule has 0 saturated heterocycles. The topological polar surface area (TPSA) is 118 Å². The summed E-state index contributed by atoms with van der Waals surface area (Å²) in [5.74, 6) is 0.127. The SMILES string of the molecule is COc1cc(OC)cc(-c2nc(S/C(=C\c3cc(Br)cc(Cl)c3O)C(=O)O)n[nH]2)c1. The number of hydrogen-bond donors (Lipinski definition) is 3. The average molecular weight is 513 g/mol. The first kappa shape index (κ1) is 22.0. The lowest BCUT2D eigenvalue weighted by atomic mass is 10.2. The van der Waals surface area contributed by atoms with E-state index in [2.05, 4.69) is 31.1 Å². The number of hydrogen-bond acceptors (Lipinski definition) is 7. The molecular weight excluding hydrogens is 498 g/mol. The van der Waals surface area contributed by atoms with Gasteiger partial charge in [0, 0.05) is 21.7 Å². The van der Waals surface area contributed by atoms with Gasteiger partial charge in [-0.3, -0.25) is 5.10 Å². The summed E-state index contributed by atoms with van der Waals surface area (Å²) in [4.78, 5) is 16.0. The van der Waals surface area contributed by atoms with Crippen molar-refractivity contribution in [3.05, 3.63) is 50.3 Å². The van der Waals surface area contributed by atoms with Crippen molar-refractivity contribution >= 4 is 51.3 Å². The molecule has 0 atom stereocenters. The minimum Gasteiger partial charge on any atom is -0.506 e. The Kier molecular flexibility index (Phi) is 6.91. The number of carboxylic acids is 1. The molecule has 3 N–H and O–H groups in total. The molecule has 0 amide bonds. The molecule has 0 aliphatic carbocycles. The number of halogens is 2. The molecule has 0 fully saturated rings. The van der Waals surface area contributed by atoms with Crippen molar-refractivity contribution in [1.29, 1.82) is 0 Å². The molecule has 1 aromatic heterocycles. The fourth-order valence-corrected chi connectivity index (χ4v) is 3.97. The van der Waals surface area contributed by atoms with E-state index in [4.69, 9.17) is 21.1 Å². The van der Waals surface area contributed by atoms with Gasteiger partial charge in [-0.25, -0.2) is 9.78 Å². The Balaban J connectivity index is 1.92. The molecule has 8 nitrogen and oxygen atoms in total. The molecule has 3 aromatic rings. The van der Waals surface area contributed by atoms with Crippen molar-refractivity contribution in [2.45, 2.75) is 5.16 Å². The zero-order chi connectivity index (χ0) is 21.8. The van der Waals surface area contributed by atoms with E-state index in [0.29, 0.717) is 27.4 Å². The number of phenols is 1. The molecule has 0 spiro atoms. The van der Waals surface area contributed by atoms with Gasteiger partial charge in [0.25, 0.3) is 0 Å². The van der Waals surface area contributed by atoms with Crippen LogP contribution in [0.5, 0.6) is 17.2 Å². The number of ether oxygens (including phenoxy) is 2. The summed E-state index contributed by atoms with van der Waals surface area (Å²) in [5.41, 5.74) is 0.899. The monoisotopic (exact) mass is 511 g/mol. The summed E-state index contributed by atoms with van der Waals surface area (Å²) in [6, 6.07) is 8.26. The van der Waals surface area contributed by atoms with Crippen LogP contribution in [0.1, 0.15) is 5.56 Å². The first-order valence-electron chi connectivity index (χ1n) is 8.27. The molecule has 11 heteroatoms. The highest BCUT2D eigenvalue weighted by Gasteiger charge is 2.17. The largest absolute Gasteiger partial charge is 0.506 e. The van der Waals surface area contributed by atoms with Gasteiger partial charge in [0.1, 0.15) is 22.2 Å². The molecule has 1 heterocycles. The fourth-order valence-electron chi connectivity index (χ4n) is 2.44. The summed E-state index contributed by atoms with van der Waals surface area (Å²) in [6.07, 6.45) is 1.30. The molecule has 0 unspecified atom stereocenters. The third kappa shape index (κ3) is 5.07. The van der Waals surface area contributed by atoms with Crippen LogP contribution in [-0.2, 0) is 4.79 Å². The van der Waals surface area contributed by atoms with Gasteiger partial charge in [0.05, 0.1) is 19.2 Å². The van der Waals surface area contributed by atoms with Gasteiger partial charge in [-0.2, -0.15) is 0 Å². The molecule has 0 bridgehead atoms. The van der Waals surface area contributed by atoms with Crippen LogP contribution in [0.2, 0.25) is 5.02 Å². The van der Waals surface area contributed by atoms with Gasteiger partial charge in [-0.05, 0) is 42.1 Å². The zero-order valence-electron chi connectivity index (χ0n) is 15.6. The van der Waals surface area contributed by atoms with E-state index in [9.17, 15) is 15.0 Å². The number of benzene rings is 2. The first-order chi connectivity index (χ1) is 14.3. The number of methoxy groups -OCH3 is 2. The number of rotatable bonds is 7. The third-order valence-electron chi connectivity index (χ3n) is 3.85. The Hall–Kier alpha value is -2.69. The number of carboxylic acid groups (broad SMARTS) is 1. The number of H-pyrrole nitrogens is 1. The lowest BCUT2D eigenvalue weighted by Gasteiger charge is -2.06. The van der Waals surface area contributed by atoms with Crippen LogP contribution < -0.4 is 9.47 Å². The fraction of sp³-hybridized carbons (Fsp3) is 0.105. The first-order valence-corrected chi connectivity index (χ1v) is 10.3. The number of thioether (sulfide) groups is 1. The number of nitrogens with one attached hydrogen (secondary N) is 1. The van der Waals surface area contributed by atoms with Crippen molar-refractivity contribution in [1.82, 2.24) is 15.2 Å². The van der Waals surface area contributed by atoms with Crippen LogP contribution in [0.25, 0.3) is 17.5 Å². The predicted molar refractivity (Wildman–Crippen MR) is 117 cm³/mol. The maximum Gasteiger partial charge on any atom is 0.342 e. The molecule has 156 valence electrons. The van der Waals surface area contributed by atoms with E-state index in [1.165, 1.54) is 26.4 Å². The Morgan fingerprint density at radius 2 is 1.87 bits per heavy atom. The van der Waals surface area contributed by atoms with Gasteiger partial charge in [-0.1, -0.05) is 27.5 Å². The molecule has 0 aliphatic rings. The molecule has 0 aliphatic heterocycles. The average Bonchev–Trinajstić information content (AvgIpc) is 3.19. The van der Waals surface area contributed by atoms with Gasteiger partial charge >= 0.3 is 5.97 Å². The molecular formula is C19H15BrClN3O5S. The van der Waals surface area contributed by atoms with Crippen LogP contribution in [0.3, 0.4) is 0 Å². The number of phenolic OH excluding ortho intramolecular Hbond substituents is 1. The van der Waals surface area contributed by atoms with E-state index in [1.54, 1.807) is 24.3 Å². The van der Waals surface area contributed by atoms with Gasteiger partial charge in [-0.15, -0.1) is 5.10 Å². The van der Waals surface area contributed by atoms with Crippen molar-refractivity contribution in [3.63, 3.8) is 0 Å². The van der Waals surface area contributed by atoms with E-state index < -0.39 is 5.97 Å². The summed E-state index contributed by atoms with van der Waals surface area (Å²) in [5, 5.41) is 26.8. The normalized spacial score (nSPS) is 11.4. The van der Waals surface area contributed by atoms with Crippen molar-refractivity contribution in [2.75, 3.05) is 14.2 Å². The number of aromatic amines is 1. The minimum absolute atomic E-state index is 0.0949. The van der Waals surface area contributed by atoms with E-state index in [-0.39, 0.29) is 26.4 Å². The van der Waals surface area contributed by atoms with Crippen LogP contribution in [-0.4, -0.2) is 45.6 Å². The Morgan fingerprint density at radius 1 is 1.20 bits per heavy atom. The highest BCUT2D eigenvalue weighted by Crippen LogP contribution is 2.35. The van der Waals surface area contributed by atoms with E-state index in [0.717, 1.165) is 11.8 Å². The van der Waals surface area contributed by atoms with Gasteiger partial charge < -0.3 is 19.7 Å². The van der Waals surface area contributed by atoms with Crippen LogP contribution in [0.4, 0.5) is 0 Å². The number of aliphatic carboxylic acids is 1. The van der Waals surface area contributed by atoms with Crippen molar-refractivity contribution in [3.8, 4) is 28.6 Å². The molecule has 3 rings (SSSR count). The lowest BCUT2D eigenvalue weighted by molar-refractivity contribution is -0.131. The smallest absolute Gasteiger partial charge is 0.342 e. The van der Waals surface area contributed by atoms with Crippen molar-refractivity contribution < 1.29 is 24.5 Å². The summed E-state index contributed by atoms with van der Waals surface area (Å²) < 4.78 is 11.1. The van der Waals surface area contributed by atoms with E-state index in [1.807, 2.05) is 0 Å². The van der Waals surface area contributed by atoms with Crippen LogP contribution in [0.15, 0.2) is 44.9 Å². The predicted octanol–water partition coefficient (Wildman–Crippen LogP) is 4.83.